The van der Waals surface area contributed by atoms with Crippen LogP contribution >= 0.6 is 15.9 Å². The number of hydrogen-bond acceptors (Lipinski definition) is 1. The van der Waals surface area contributed by atoms with Gasteiger partial charge in [-0.3, -0.25) is 0 Å². The van der Waals surface area contributed by atoms with Crippen molar-refractivity contribution < 1.29 is 4.39 Å². The lowest BCUT2D eigenvalue weighted by Crippen LogP contribution is -2.28. The van der Waals surface area contributed by atoms with E-state index in [4.69, 9.17) is 0 Å². The molecule has 0 saturated heterocycles. The fraction of sp³-hybridized carbons (Fsp3) is 0.600. The predicted molar refractivity (Wildman–Crippen MR) is 79.3 cm³/mol. The summed E-state index contributed by atoms with van der Waals surface area (Å²) in [6.45, 7) is 7.74. The van der Waals surface area contributed by atoms with E-state index in [1.807, 2.05) is 12.1 Å². The van der Waals surface area contributed by atoms with Gasteiger partial charge in [-0.15, -0.1) is 0 Å². The summed E-state index contributed by atoms with van der Waals surface area (Å²) in [5, 5.41) is 3.50. The maximum absolute atomic E-state index is 13.1. The maximum atomic E-state index is 13.1. The lowest BCUT2D eigenvalue weighted by molar-refractivity contribution is 0.419. The smallest absolute Gasteiger partial charge is 0.137 e. The van der Waals surface area contributed by atoms with E-state index < -0.39 is 0 Å². The number of rotatable bonds is 7. The highest BCUT2D eigenvalue weighted by atomic mass is 79.9. The molecule has 2 unspecified atom stereocenters. The zero-order valence-electron chi connectivity index (χ0n) is 11.5. The molecule has 0 heterocycles. The fourth-order valence-electron chi connectivity index (χ4n) is 2.23. The maximum Gasteiger partial charge on any atom is 0.137 e. The standard InChI is InChI=1S/C15H23BrFN/c1-4-7-18-12(3)8-11(2)9-13-5-6-15(17)14(16)10-13/h5-6,10-12,18H,4,7-9H2,1-3H3. The highest BCUT2D eigenvalue weighted by Gasteiger charge is 2.10. The summed E-state index contributed by atoms with van der Waals surface area (Å²) in [6, 6.07) is 5.84. The van der Waals surface area contributed by atoms with E-state index in [0.29, 0.717) is 16.4 Å². The minimum Gasteiger partial charge on any atom is -0.314 e. The molecule has 0 radical (unpaired) electrons. The van der Waals surface area contributed by atoms with Crippen LogP contribution in [0.15, 0.2) is 22.7 Å². The van der Waals surface area contributed by atoms with Crippen molar-refractivity contribution in [3.8, 4) is 0 Å². The molecule has 0 bridgehead atoms. The van der Waals surface area contributed by atoms with Crippen LogP contribution in [0.25, 0.3) is 0 Å². The minimum atomic E-state index is -0.190. The van der Waals surface area contributed by atoms with Crippen LogP contribution in [0, 0.1) is 11.7 Å². The quantitative estimate of drug-likeness (QED) is 0.778. The largest absolute Gasteiger partial charge is 0.314 e. The average molecular weight is 316 g/mol. The van der Waals surface area contributed by atoms with E-state index in [1.54, 1.807) is 0 Å². The highest BCUT2D eigenvalue weighted by Crippen LogP contribution is 2.20. The number of benzene rings is 1. The number of halogens is 2. The molecular weight excluding hydrogens is 293 g/mol. The van der Waals surface area contributed by atoms with Crippen LogP contribution in [0.2, 0.25) is 0 Å². The summed E-state index contributed by atoms with van der Waals surface area (Å²) in [6.07, 6.45) is 3.32. The zero-order chi connectivity index (χ0) is 13.5. The van der Waals surface area contributed by atoms with Crippen molar-refractivity contribution in [2.75, 3.05) is 6.54 Å². The minimum absolute atomic E-state index is 0.190. The Bertz CT molecular complexity index is 368. The average Bonchev–Trinajstić information content (AvgIpc) is 2.31. The van der Waals surface area contributed by atoms with Gasteiger partial charge >= 0.3 is 0 Å². The van der Waals surface area contributed by atoms with Gasteiger partial charge in [0.1, 0.15) is 5.82 Å². The first kappa shape index (κ1) is 15.6. The van der Waals surface area contributed by atoms with Gasteiger partial charge in [-0.1, -0.05) is 19.9 Å². The van der Waals surface area contributed by atoms with Gasteiger partial charge in [0.05, 0.1) is 4.47 Å². The van der Waals surface area contributed by atoms with Crippen LogP contribution in [0.4, 0.5) is 4.39 Å². The molecule has 0 aliphatic carbocycles. The number of hydrogen-bond donors (Lipinski definition) is 1. The fourth-order valence-corrected chi connectivity index (χ4v) is 2.66. The summed E-state index contributed by atoms with van der Waals surface area (Å²) < 4.78 is 13.7. The van der Waals surface area contributed by atoms with E-state index in [2.05, 4.69) is 42.0 Å². The van der Waals surface area contributed by atoms with Crippen LogP contribution < -0.4 is 5.32 Å². The molecule has 0 aliphatic rings. The highest BCUT2D eigenvalue weighted by molar-refractivity contribution is 9.10. The molecule has 3 heteroatoms. The molecule has 0 aliphatic heterocycles. The van der Waals surface area contributed by atoms with Crippen molar-refractivity contribution in [3.63, 3.8) is 0 Å². The first-order valence-corrected chi connectivity index (χ1v) is 7.49. The van der Waals surface area contributed by atoms with Crippen molar-refractivity contribution in [2.45, 2.75) is 46.1 Å². The van der Waals surface area contributed by atoms with Crippen molar-refractivity contribution in [1.82, 2.24) is 5.32 Å². The molecule has 0 amide bonds. The van der Waals surface area contributed by atoms with E-state index >= 15 is 0 Å². The Kier molecular flexibility index (Phi) is 6.87. The van der Waals surface area contributed by atoms with Crippen molar-refractivity contribution in [3.05, 3.63) is 34.1 Å². The third-order valence-corrected chi connectivity index (χ3v) is 3.67. The molecule has 1 N–H and O–H groups in total. The topological polar surface area (TPSA) is 12.0 Å². The van der Waals surface area contributed by atoms with Gasteiger partial charge in [0.2, 0.25) is 0 Å². The molecule has 0 fully saturated rings. The first-order chi connectivity index (χ1) is 8.52. The van der Waals surface area contributed by atoms with Crippen LogP contribution in [0.3, 0.4) is 0 Å². The molecule has 1 rings (SSSR count). The molecule has 18 heavy (non-hydrogen) atoms. The Balaban J connectivity index is 2.43. The van der Waals surface area contributed by atoms with Gasteiger partial charge in [-0.2, -0.15) is 0 Å². The summed E-state index contributed by atoms with van der Waals surface area (Å²) in [5.74, 6) is 0.408. The van der Waals surface area contributed by atoms with E-state index in [-0.39, 0.29) is 5.82 Å². The van der Waals surface area contributed by atoms with Gasteiger partial charge in [-0.25, -0.2) is 4.39 Å². The Morgan fingerprint density at radius 3 is 2.67 bits per heavy atom. The molecule has 0 saturated carbocycles. The van der Waals surface area contributed by atoms with Crippen molar-refractivity contribution in [1.29, 1.82) is 0 Å². The first-order valence-electron chi connectivity index (χ1n) is 6.70. The van der Waals surface area contributed by atoms with E-state index in [9.17, 15) is 4.39 Å². The van der Waals surface area contributed by atoms with Gasteiger partial charge in [0, 0.05) is 6.04 Å². The summed E-state index contributed by atoms with van der Waals surface area (Å²) in [7, 11) is 0. The van der Waals surface area contributed by atoms with Gasteiger partial charge in [-0.05, 0) is 72.3 Å². The van der Waals surface area contributed by atoms with Crippen LogP contribution in [-0.2, 0) is 6.42 Å². The van der Waals surface area contributed by atoms with Crippen molar-refractivity contribution >= 4 is 15.9 Å². The lowest BCUT2D eigenvalue weighted by atomic mass is 9.95. The third-order valence-electron chi connectivity index (χ3n) is 3.07. The summed E-state index contributed by atoms with van der Waals surface area (Å²) >= 11 is 3.23. The second kappa shape index (κ2) is 7.90. The summed E-state index contributed by atoms with van der Waals surface area (Å²) in [5.41, 5.74) is 1.19. The molecule has 0 spiro atoms. The SMILES string of the molecule is CCCNC(C)CC(C)Cc1ccc(F)c(Br)c1. The second-order valence-corrected chi connectivity index (χ2v) is 6.00. The molecule has 2 atom stereocenters. The molecule has 1 nitrogen and oxygen atoms in total. The monoisotopic (exact) mass is 315 g/mol. The van der Waals surface area contributed by atoms with E-state index in [0.717, 1.165) is 19.4 Å². The number of nitrogens with one attached hydrogen (secondary N) is 1. The molecule has 0 aromatic heterocycles. The second-order valence-electron chi connectivity index (χ2n) is 5.15. The normalized spacial score (nSPS) is 14.5. The Morgan fingerprint density at radius 1 is 1.33 bits per heavy atom. The molecule has 1 aromatic carbocycles. The van der Waals surface area contributed by atoms with Crippen LogP contribution in [0.1, 0.15) is 39.2 Å². The van der Waals surface area contributed by atoms with Gasteiger partial charge in [0.25, 0.3) is 0 Å². The van der Waals surface area contributed by atoms with Gasteiger partial charge in [0.15, 0.2) is 0 Å². The Morgan fingerprint density at radius 2 is 2.06 bits per heavy atom. The lowest BCUT2D eigenvalue weighted by Gasteiger charge is -2.18. The van der Waals surface area contributed by atoms with Gasteiger partial charge < -0.3 is 5.32 Å². The van der Waals surface area contributed by atoms with Crippen LogP contribution in [0.5, 0.6) is 0 Å². The summed E-state index contributed by atoms with van der Waals surface area (Å²) in [4.78, 5) is 0. The van der Waals surface area contributed by atoms with Crippen molar-refractivity contribution in [2.24, 2.45) is 5.92 Å². The third kappa shape index (κ3) is 5.49. The Labute approximate surface area is 118 Å². The molecule has 1 aromatic rings. The van der Waals surface area contributed by atoms with E-state index in [1.165, 1.54) is 18.1 Å². The van der Waals surface area contributed by atoms with Crippen LogP contribution in [-0.4, -0.2) is 12.6 Å². The molecule has 102 valence electrons. The zero-order valence-corrected chi connectivity index (χ0v) is 13.1. The predicted octanol–water partition coefficient (Wildman–Crippen LogP) is 4.55. The Hall–Kier alpha value is -0.410. The molecular formula is C15H23BrFN.